The van der Waals surface area contributed by atoms with E-state index in [1.54, 1.807) is 6.92 Å². The van der Waals surface area contributed by atoms with Gasteiger partial charge in [0.2, 0.25) is 5.91 Å². The smallest absolute Gasteiger partial charge is 0.219 e. The second-order valence-electron chi connectivity index (χ2n) is 7.23. The maximum absolute atomic E-state index is 11.5. The number of halogens is 1. The molecule has 0 radical (unpaired) electrons. The molecule has 0 unspecified atom stereocenters. The van der Waals surface area contributed by atoms with Gasteiger partial charge in [0.15, 0.2) is 5.96 Å². The van der Waals surface area contributed by atoms with Gasteiger partial charge in [0, 0.05) is 58.9 Å². The first kappa shape index (κ1) is 22.7. The van der Waals surface area contributed by atoms with E-state index in [1.807, 2.05) is 17.2 Å². The van der Waals surface area contributed by atoms with Gasteiger partial charge in [0.25, 0.3) is 0 Å². The number of carbonyl (C=O) groups is 1. The van der Waals surface area contributed by atoms with Crippen molar-refractivity contribution in [1.82, 2.24) is 20.1 Å². The molecule has 1 aromatic heterocycles. The number of hydrogen-bond donors (Lipinski definition) is 1. The number of nitrogens with zero attached hydrogens (tertiary/aromatic N) is 5. The predicted molar refractivity (Wildman–Crippen MR) is 124 cm³/mol. The summed E-state index contributed by atoms with van der Waals surface area (Å²) in [6, 6.07) is 4.22. The number of carbonyl (C=O) groups excluding carboxylic acids is 1. The number of piperazine rings is 1. The molecule has 0 bridgehead atoms. The molecule has 1 amide bonds. The monoisotopic (exact) mass is 500 g/mol. The van der Waals surface area contributed by atoms with Crippen molar-refractivity contribution in [3.8, 4) is 0 Å². The molecule has 2 aliphatic heterocycles. The fraction of sp³-hybridized carbons (Fsp3) is 0.650. The minimum absolute atomic E-state index is 0. The summed E-state index contributed by atoms with van der Waals surface area (Å²) in [5.74, 6) is 2.15. The van der Waals surface area contributed by atoms with Crippen molar-refractivity contribution < 1.29 is 4.79 Å². The Morgan fingerprint density at radius 1 is 1.11 bits per heavy atom. The van der Waals surface area contributed by atoms with Crippen molar-refractivity contribution in [3.63, 3.8) is 0 Å². The van der Waals surface area contributed by atoms with Crippen LogP contribution in [0.25, 0.3) is 0 Å². The molecule has 0 atom stereocenters. The van der Waals surface area contributed by atoms with E-state index < -0.39 is 0 Å². The Bertz CT molecular complexity index is 654. The zero-order valence-corrected chi connectivity index (χ0v) is 19.4. The fourth-order valence-electron chi connectivity index (χ4n) is 3.68. The van der Waals surface area contributed by atoms with E-state index in [-0.39, 0.29) is 29.9 Å². The van der Waals surface area contributed by atoms with Crippen LogP contribution in [-0.4, -0.2) is 72.5 Å². The zero-order valence-electron chi connectivity index (χ0n) is 17.1. The van der Waals surface area contributed by atoms with Crippen molar-refractivity contribution in [3.05, 3.63) is 23.9 Å². The number of rotatable bonds is 4. The average molecular weight is 500 g/mol. The zero-order chi connectivity index (χ0) is 19.1. The molecule has 3 heterocycles. The summed E-state index contributed by atoms with van der Waals surface area (Å²) in [5, 5.41) is 3.39. The van der Waals surface area contributed by atoms with E-state index in [1.165, 1.54) is 24.8 Å². The number of aromatic nitrogens is 1. The fourth-order valence-corrected chi connectivity index (χ4v) is 3.68. The summed E-state index contributed by atoms with van der Waals surface area (Å²) in [6.07, 6.45) is 5.72. The molecular weight excluding hydrogens is 467 g/mol. The molecule has 156 valence electrons. The number of anilines is 1. The van der Waals surface area contributed by atoms with Gasteiger partial charge in [-0.3, -0.25) is 4.79 Å². The quantitative estimate of drug-likeness (QED) is 0.391. The van der Waals surface area contributed by atoms with Crippen molar-refractivity contribution in [2.75, 3.05) is 50.7 Å². The van der Waals surface area contributed by atoms with Gasteiger partial charge in [-0.1, -0.05) is 0 Å². The lowest BCUT2D eigenvalue weighted by atomic mass is 10.1. The van der Waals surface area contributed by atoms with Gasteiger partial charge in [0.1, 0.15) is 5.82 Å². The van der Waals surface area contributed by atoms with E-state index in [9.17, 15) is 4.79 Å². The topological polar surface area (TPSA) is 64.1 Å². The van der Waals surface area contributed by atoms with Gasteiger partial charge in [-0.05, 0) is 43.9 Å². The van der Waals surface area contributed by atoms with Crippen LogP contribution in [-0.2, 0) is 11.3 Å². The highest BCUT2D eigenvalue weighted by molar-refractivity contribution is 14.0. The van der Waals surface area contributed by atoms with Crippen LogP contribution in [0.3, 0.4) is 0 Å². The van der Waals surface area contributed by atoms with Crippen LogP contribution in [0.5, 0.6) is 0 Å². The Morgan fingerprint density at radius 3 is 2.43 bits per heavy atom. The third-order valence-electron chi connectivity index (χ3n) is 5.26. The lowest BCUT2D eigenvalue weighted by Crippen LogP contribution is -2.53. The summed E-state index contributed by atoms with van der Waals surface area (Å²) in [4.78, 5) is 27.4. The summed E-state index contributed by atoms with van der Waals surface area (Å²) >= 11 is 0. The summed E-state index contributed by atoms with van der Waals surface area (Å²) < 4.78 is 0. The molecular formula is C20H33IN6O. The maximum Gasteiger partial charge on any atom is 0.219 e. The second kappa shape index (κ2) is 11.4. The Kier molecular flexibility index (Phi) is 9.27. The predicted octanol–water partition coefficient (Wildman–Crippen LogP) is 2.32. The normalized spacial score (nSPS) is 17.9. The molecule has 2 saturated heterocycles. The first-order valence-corrected chi connectivity index (χ1v) is 10.2. The average Bonchev–Trinajstić information content (AvgIpc) is 2.72. The van der Waals surface area contributed by atoms with Gasteiger partial charge >= 0.3 is 0 Å². The van der Waals surface area contributed by atoms with E-state index in [2.05, 4.69) is 33.1 Å². The third kappa shape index (κ3) is 6.22. The highest BCUT2D eigenvalue weighted by atomic mass is 127. The standard InChI is InChI=1S/C20H32N6O.HI/c1-3-21-20(26-13-11-24(12-14-26)17(2)27)23-16-18-7-8-22-19(15-18)25-9-5-4-6-10-25;/h7-8,15H,3-6,9-14,16H2,1-2H3,(H,21,23);1H. The summed E-state index contributed by atoms with van der Waals surface area (Å²) in [7, 11) is 0. The molecule has 2 aliphatic rings. The molecule has 3 rings (SSSR count). The highest BCUT2D eigenvalue weighted by Gasteiger charge is 2.21. The van der Waals surface area contributed by atoms with E-state index in [0.29, 0.717) is 6.54 Å². The lowest BCUT2D eigenvalue weighted by molar-refractivity contribution is -0.130. The van der Waals surface area contributed by atoms with Crippen LogP contribution >= 0.6 is 24.0 Å². The van der Waals surface area contributed by atoms with Gasteiger partial charge in [-0.15, -0.1) is 24.0 Å². The van der Waals surface area contributed by atoms with Gasteiger partial charge in [-0.2, -0.15) is 0 Å². The Hall–Kier alpha value is -1.58. The lowest BCUT2D eigenvalue weighted by Gasteiger charge is -2.36. The first-order chi connectivity index (χ1) is 13.2. The van der Waals surface area contributed by atoms with Crippen LogP contribution in [0.1, 0.15) is 38.7 Å². The van der Waals surface area contributed by atoms with E-state index in [0.717, 1.165) is 57.6 Å². The number of pyridine rings is 1. The maximum atomic E-state index is 11.5. The molecule has 8 heteroatoms. The van der Waals surface area contributed by atoms with Crippen LogP contribution in [0.4, 0.5) is 5.82 Å². The number of nitrogens with one attached hydrogen (secondary N) is 1. The van der Waals surface area contributed by atoms with Crippen LogP contribution < -0.4 is 10.2 Å². The minimum atomic E-state index is 0. The Morgan fingerprint density at radius 2 is 1.79 bits per heavy atom. The second-order valence-corrected chi connectivity index (χ2v) is 7.23. The third-order valence-corrected chi connectivity index (χ3v) is 5.26. The number of hydrogen-bond acceptors (Lipinski definition) is 4. The SMILES string of the molecule is CCNC(=NCc1ccnc(N2CCCCC2)c1)N1CCN(C(C)=O)CC1.I. The van der Waals surface area contributed by atoms with E-state index in [4.69, 9.17) is 4.99 Å². The molecule has 7 nitrogen and oxygen atoms in total. The van der Waals surface area contributed by atoms with Gasteiger partial charge in [0.05, 0.1) is 6.54 Å². The summed E-state index contributed by atoms with van der Waals surface area (Å²) in [6.45, 7) is 10.6. The van der Waals surface area contributed by atoms with Gasteiger partial charge in [-0.25, -0.2) is 9.98 Å². The van der Waals surface area contributed by atoms with Crippen LogP contribution in [0.2, 0.25) is 0 Å². The Balaban J connectivity index is 0.00000280. The largest absolute Gasteiger partial charge is 0.357 e. The molecule has 0 aromatic carbocycles. The van der Waals surface area contributed by atoms with Crippen molar-refractivity contribution in [1.29, 1.82) is 0 Å². The molecule has 28 heavy (non-hydrogen) atoms. The molecule has 0 aliphatic carbocycles. The molecule has 2 fully saturated rings. The number of amides is 1. The van der Waals surface area contributed by atoms with Crippen LogP contribution in [0, 0.1) is 0 Å². The molecule has 0 saturated carbocycles. The van der Waals surface area contributed by atoms with Crippen molar-refractivity contribution in [2.24, 2.45) is 4.99 Å². The number of guanidine groups is 1. The minimum Gasteiger partial charge on any atom is -0.357 e. The number of piperidine rings is 1. The first-order valence-electron chi connectivity index (χ1n) is 10.2. The molecule has 1 aromatic rings. The van der Waals surface area contributed by atoms with Crippen LogP contribution in [0.15, 0.2) is 23.3 Å². The number of aliphatic imine (C=N–C) groups is 1. The highest BCUT2D eigenvalue weighted by Crippen LogP contribution is 2.18. The Labute approximate surface area is 185 Å². The van der Waals surface area contributed by atoms with E-state index >= 15 is 0 Å². The molecule has 1 N–H and O–H groups in total. The van der Waals surface area contributed by atoms with Crippen molar-refractivity contribution >= 4 is 41.7 Å². The van der Waals surface area contributed by atoms with Gasteiger partial charge < -0.3 is 20.0 Å². The summed E-state index contributed by atoms with van der Waals surface area (Å²) in [5.41, 5.74) is 1.18. The molecule has 0 spiro atoms. The van der Waals surface area contributed by atoms with Crippen molar-refractivity contribution in [2.45, 2.75) is 39.7 Å².